The van der Waals surface area contributed by atoms with Crippen LogP contribution in [0.5, 0.6) is 0 Å². The number of aryl methyl sites for hydroxylation is 1. The Morgan fingerprint density at radius 2 is 2.23 bits per heavy atom. The minimum absolute atomic E-state index is 0.0932. The molecule has 0 bridgehead atoms. The molecule has 0 unspecified atom stereocenters. The molecule has 0 saturated carbocycles. The summed E-state index contributed by atoms with van der Waals surface area (Å²) in [6, 6.07) is -1.13. The highest BCUT2D eigenvalue weighted by atomic mass is 16.2. The van der Waals surface area contributed by atoms with Crippen molar-refractivity contribution in [3.63, 3.8) is 0 Å². The van der Waals surface area contributed by atoms with Gasteiger partial charge in [-0.05, 0) is 12.8 Å². The van der Waals surface area contributed by atoms with Gasteiger partial charge >= 0.3 is 6.03 Å². The lowest BCUT2D eigenvalue weighted by Crippen LogP contribution is -2.33. The van der Waals surface area contributed by atoms with Crippen molar-refractivity contribution in [3.8, 4) is 0 Å². The lowest BCUT2D eigenvalue weighted by molar-refractivity contribution is -0.130. The van der Waals surface area contributed by atoms with Crippen molar-refractivity contribution < 1.29 is 14.4 Å². The van der Waals surface area contributed by atoms with E-state index in [4.69, 9.17) is 0 Å². The first-order chi connectivity index (χ1) is 10.5. The van der Waals surface area contributed by atoms with Crippen LogP contribution in [0.15, 0.2) is 0 Å². The van der Waals surface area contributed by atoms with Gasteiger partial charge < -0.3 is 14.8 Å². The Hall–Kier alpha value is -2.45. The van der Waals surface area contributed by atoms with E-state index in [0.29, 0.717) is 13.0 Å². The number of carbonyl (C=O) groups is 3. The quantitative estimate of drug-likeness (QED) is 0.690. The average Bonchev–Trinajstić information content (AvgIpc) is 3.14. The Balaban J connectivity index is 1.51. The van der Waals surface area contributed by atoms with E-state index in [2.05, 4.69) is 25.4 Å². The van der Waals surface area contributed by atoms with E-state index in [-0.39, 0.29) is 18.2 Å². The van der Waals surface area contributed by atoms with Crippen LogP contribution in [-0.4, -0.2) is 50.6 Å². The zero-order valence-electron chi connectivity index (χ0n) is 12.3. The lowest BCUT2D eigenvalue weighted by Gasteiger charge is -2.17. The molecule has 1 saturated heterocycles. The van der Waals surface area contributed by atoms with Crippen LogP contribution in [0, 0.1) is 0 Å². The van der Waals surface area contributed by atoms with E-state index in [1.807, 2.05) is 0 Å². The lowest BCUT2D eigenvalue weighted by atomic mass is 10.1. The van der Waals surface area contributed by atoms with Crippen LogP contribution in [0.25, 0.3) is 0 Å². The Morgan fingerprint density at radius 3 is 2.95 bits per heavy atom. The molecule has 0 aliphatic carbocycles. The Morgan fingerprint density at radius 1 is 1.41 bits per heavy atom. The average molecular weight is 306 g/mol. The minimum atomic E-state index is -0.623. The molecule has 2 N–H and O–H groups in total. The number of amides is 4. The maximum Gasteiger partial charge on any atom is 0.322 e. The molecular weight excluding hydrogens is 288 g/mol. The highest BCUT2D eigenvalue weighted by Gasteiger charge is 2.30. The molecule has 1 aromatic heterocycles. The first kappa shape index (κ1) is 14.5. The van der Waals surface area contributed by atoms with E-state index >= 15 is 0 Å². The second kappa shape index (κ2) is 5.74. The van der Waals surface area contributed by atoms with E-state index in [1.165, 1.54) is 0 Å². The highest BCUT2D eigenvalue weighted by Crippen LogP contribution is 2.15. The van der Waals surface area contributed by atoms with Gasteiger partial charge in [-0.2, -0.15) is 0 Å². The fourth-order valence-corrected chi connectivity index (χ4v) is 2.75. The number of aromatic nitrogens is 3. The van der Waals surface area contributed by atoms with Crippen LogP contribution in [0.1, 0.15) is 30.9 Å². The van der Waals surface area contributed by atoms with Gasteiger partial charge in [-0.3, -0.25) is 14.9 Å². The van der Waals surface area contributed by atoms with E-state index in [1.54, 1.807) is 11.9 Å². The van der Waals surface area contributed by atoms with Crippen molar-refractivity contribution in [2.75, 3.05) is 7.05 Å². The summed E-state index contributed by atoms with van der Waals surface area (Å²) < 4.78 is 2.05. The molecule has 0 spiro atoms. The van der Waals surface area contributed by atoms with Gasteiger partial charge in [-0.25, -0.2) is 4.79 Å². The first-order valence-corrected chi connectivity index (χ1v) is 7.31. The molecular formula is C13H18N6O3. The SMILES string of the molecule is CN(Cc1nnc2n1CCC2)C(=O)CC[C@@H]1NC(=O)NC1=O. The molecule has 118 valence electrons. The summed E-state index contributed by atoms with van der Waals surface area (Å²) in [4.78, 5) is 36.1. The summed E-state index contributed by atoms with van der Waals surface area (Å²) in [5.74, 6) is 1.29. The summed E-state index contributed by atoms with van der Waals surface area (Å²) in [5.41, 5.74) is 0. The summed E-state index contributed by atoms with van der Waals surface area (Å²) in [6.45, 7) is 1.29. The molecule has 3 heterocycles. The van der Waals surface area contributed by atoms with Crippen molar-refractivity contribution in [2.45, 2.75) is 44.8 Å². The summed E-state index contributed by atoms with van der Waals surface area (Å²) >= 11 is 0. The second-order valence-electron chi connectivity index (χ2n) is 5.59. The van der Waals surface area contributed by atoms with E-state index in [0.717, 1.165) is 31.0 Å². The maximum atomic E-state index is 12.1. The normalized spacial score (nSPS) is 19.8. The predicted molar refractivity (Wildman–Crippen MR) is 74.5 cm³/mol. The fraction of sp³-hybridized carbons (Fsp3) is 0.615. The molecule has 1 fully saturated rings. The molecule has 1 atom stereocenters. The van der Waals surface area contributed by atoms with Gasteiger partial charge in [0.05, 0.1) is 6.54 Å². The molecule has 3 rings (SSSR count). The van der Waals surface area contributed by atoms with Gasteiger partial charge in [0.15, 0.2) is 5.82 Å². The summed E-state index contributed by atoms with van der Waals surface area (Å²) in [5, 5.41) is 12.9. The number of carbonyl (C=O) groups excluding carboxylic acids is 3. The van der Waals surface area contributed by atoms with Crippen molar-refractivity contribution >= 4 is 17.8 Å². The van der Waals surface area contributed by atoms with Gasteiger partial charge in [0.25, 0.3) is 5.91 Å². The standard InChI is InChI=1S/C13H18N6O3/c1-18(7-10-17-16-9-3-2-6-19(9)10)11(20)5-4-8-12(21)15-13(22)14-8/h8H,2-7H2,1H3,(H2,14,15,21,22)/t8-/m0/s1. The molecule has 4 amide bonds. The van der Waals surface area contributed by atoms with E-state index in [9.17, 15) is 14.4 Å². The number of rotatable bonds is 5. The van der Waals surface area contributed by atoms with E-state index < -0.39 is 12.1 Å². The molecule has 0 radical (unpaired) electrons. The van der Waals surface area contributed by atoms with Crippen molar-refractivity contribution in [1.29, 1.82) is 0 Å². The molecule has 0 aromatic carbocycles. The van der Waals surface area contributed by atoms with Crippen molar-refractivity contribution in [2.24, 2.45) is 0 Å². The number of fused-ring (bicyclic) bond motifs is 1. The van der Waals surface area contributed by atoms with Crippen LogP contribution >= 0.6 is 0 Å². The third-order valence-corrected chi connectivity index (χ3v) is 4.00. The fourth-order valence-electron chi connectivity index (χ4n) is 2.75. The largest absolute Gasteiger partial charge is 0.338 e. The Kier molecular flexibility index (Phi) is 3.78. The molecule has 22 heavy (non-hydrogen) atoms. The Labute approximate surface area is 127 Å². The molecule has 9 heteroatoms. The minimum Gasteiger partial charge on any atom is -0.338 e. The predicted octanol–water partition coefficient (Wildman–Crippen LogP) is -0.829. The summed E-state index contributed by atoms with van der Waals surface area (Å²) in [6.07, 6.45) is 2.47. The monoisotopic (exact) mass is 306 g/mol. The van der Waals surface area contributed by atoms with Crippen LogP contribution in [0.4, 0.5) is 4.79 Å². The number of nitrogens with zero attached hydrogens (tertiary/aromatic N) is 4. The van der Waals surface area contributed by atoms with Crippen LogP contribution in [0.2, 0.25) is 0 Å². The van der Waals surface area contributed by atoms with Crippen molar-refractivity contribution in [3.05, 3.63) is 11.6 Å². The molecule has 2 aliphatic rings. The second-order valence-corrected chi connectivity index (χ2v) is 5.59. The molecule has 2 aliphatic heterocycles. The topological polar surface area (TPSA) is 109 Å². The van der Waals surface area contributed by atoms with Gasteiger partial charge in [0, 0.05) is 26.4 Å². The zero-order valence-corrected chi connectivity index (χ0v) is 12.3. The maximum absolute atomic E-state index is 12.1. The number of hydrogen-bond donors (Lipinski definition) is 2. The van der Waals surface area contributed by atoms with Crippen LogP contribution < -0.4 is 10.6 Å². The van der Waals surface area contributed by atoms with Crippen LogP contribution in [-0.2, 0) is 29.1 Å². The smallest absolute Gasteiger partial charge is 0.322 e. The summed E-state index contributed by atoms with van der Waals surface area (Å²) in [7, 11) is 1.70. The van der Waals surface area contributed by atoms with Crippen LogP contribution in [0.3, 0.4) is 0 Å². The van der Waals surface area contributed by atoms with Gasteiger partial charge in [0.2, 0.25) is 5.91 Å². The highest BCUT2D eigenvalue weighted by molar-refractivity contribution is 6.04. The molecule has 9 nitrogen and oxygen atoms in total. The third kappa shape index (κ3) is 2.78. The zero-order chi connectivity index (χ0) is 15.7. The van der Waals surface area contributed by atoms with Gasteiger partial charge in [-0.1, -0.05) is 0 Å². The number of nitrogens with one attached hydrogen (secondary N) is 2. The Bertz CT molecular complexity index is 625. The third-order valence-electron chi connectivity index (χ3n) is 4.00. The number of urea groups is 1. The number of hydrogen-bond acceptors (Lipinski definition) is 5. The first-order valence-electron chi connectivity index (χ1n) is 7.31. The van der Waals surface area contributed by atoms with Crippen molar-refractivity contribution in [1.82, 2.24) is 30.3 Å². The number of imide groups is 1. The van der Waals surface area contributed by atoms with Gasteiger partial charge in [-0.15, -0.1) is 10.2 Å². The molecule has 1 aromatic rings. The van der Waals surface area contributed by atoms with Gasteiger partial charge in [0.1, 0.15) is 11.9 Å².